The summed E-state index contributed by atoms with van der Waals surface area (Å²) in [6.07, 6.45) is 106. The Kier molecular flexibility index (Phi) is 22.4. The second kappa shape index (κ2) is 32.6. The zero-order valence-electron chi connectivity index (χ0n) is 70.5. The van der Waals surface area contributed by atoms with Gasteiger partial charge in [0.15, 0.2) is 6.71 Å². The Bertz CT molecular complexity index is 2790. The number of hydrogen-bond donors (Lipinski definition) is 0. The zero-order valence-corrected chi connectivity index (χ0v) is 70.5. The van der Waals surface area contributed by atoms with Crippen LogP contribution in [-0.2, 0) is 0 Å². The van der Waals surface area contributed by atoms with E-state index >= 15 is 0 Å². The summed E-state index contributed by atoms with van der Waals surface area (Å²) in [5.41, 5.74) is 0. The minimum atomic E-state index is 0.830. The Morgan fingerprint density at radius 1 is 0.157 bits per heavy atom. The lowest BCUT2D eigenvalue weighted by Crippen LogP contribution is -2.78. The molecule has 27 atom stereocenters. The molecule has 3 nitrogen and oxygen atoms in total. The Morgan fingerprint density at radius 2 is 0.472 bits per heavy atom. The van der Waals surface area contributed by atoms with Gasteiger partial charge in [-0.25, -0.2) is 0 Å². The van der Waals surface area contributed by atoms with Gasteiger partial charge in [0, 0.05) is 54.4 Å². The Balaban J connectivity index is 0.733. The van der Waals surface area contributed by atoms with E-state index < -0.39 is 0 Å². The van der Waals surface area contributed by atoms with E-state index in [0.29, 0.717) is 0 Å². The van der Waals surface area contributed by atoms with Crippen molar-refractivity contribution in [1.29, 1.82) is 0 Å². The van der Waals surface area contributed by atoms with Gasteiger partial charge in [-0.05, 0) is 300 Å². The molecule has 604 valence electrons. The average Bonchev–Trinajstić information content (AvgIpc) is 0.762. The summed E-state index contributed by atoms with van der Waals surface area (Å²) >= 11 is 0. The highest BCUT2D eigenvalue weighted by Gasteiger charge is 2.71. The molecule has 3 heterocycles. The van der Waals surface area contributed by atoms with Crippen LogP contribution in [0.5, 0.6) is 0 Å². The minimum absolute atomic E-state index is 0.830. The monoisotopic (exact) mass is 1470 g/mol. The molecule has 27 unspecified atom stereocenters. The van der Waals surface area contributed by atoms with Crippen molar-refractivity contribution in [3.05, 3.63) is 0 Å². The molecule has 108 heavy (non-hydrogen) atoms. The average molecular weight is 1470 g/mol. The van der Waals surface area contributed by atoms with E-state index in [1.54, 1.807) is 424 Å². The van der Waals surface area contributed by atoms with Crippen LogP contribution in [-0.4, -0.2) is 75.8 Å². The second-order valence-corrected chi connectivity index (χ2v) is 47.6. The molecule has 19 saturated carbocycles. The van der Waals surface area contributed by atoms with E-state index in [-0.39, 0.29) is 0 Å². The van der Waals surface area contributed by atoms with Gasteiger partial charge in [0.05, 0.1) is 0 Å². The number of hydrogen-bond acceptors (Lipinski definition) is 3. The fourth-order valence-corrected chi connectivity index (χ4v) is 40.9. The van der Waals surface area contributed by atoms with Crippen molar-refractivity contribution in [2.24, 2.45) is 154 Å². The van der Waals surface area contributed by atoms with Crippen molar-refractivity contribution in [1.82, 2.24) is 14.7 Å². The zero-order chi connectivity index (χ0) is 70.9. The van der Waals surface area contributed by atoms with E-state index in [0.717, 1.165) is 232 Å². The maximum atomic E-state index is 4.10. The van der Waals surface area contributed by atoms with Crippen LogP contribution in [0.15, 0.2) is 0 Å². The summed E-state index contributed by atoms with van der Waals surface area (Å²) in [7, 11) is 0. The van der Waals surface area contributed by atoms with Gasteiger partial charge in [-0.2, -0.15) is 0 Å². The lowest BCUT2D eigenvalue weighted by atomic mass is 9.17. The molecule has 19 aliphatic carbocycles. The predicted octanol–water partition coefficient (Wildman–Crippen LogP) is 27.9. The third-order valence-corrected chi connectivity index (χ3v) is 44.1. The van der Waals surface area contributed by atoms with E-state index in [2.05, 4.69) is 14.7 Å². The van der Waals surface area contributed by atoms with Gasteiger partial charge in [-0.15, -0.1) is 0 Å². The SMILES string of the molecule is C1CCC(C2CCC3C(C2)B2C4CC(C5CCC6C7CCCC8CCCC(C9CCCC5C96)C87)CCC4N(C4C(C5CCCCC5)CC(C5CCCCC5)CC4C4CCCCC4)C4CC(N5C6CCCCC6C6CCCCC65)CC(C24)N3C2C(C3CCCCC3)CC(C3CCCCC3)CC2C2CCCCC2)CC1. The first-order chi connectivity index (χ1) is 53.6. The summed E-state index contributed by atoms with van der Waals surface area (Å²) in [6.45, 7) is 1.01. The summed E-state index contributed by atoms with van der Waals surface area (Å²) < 4.78 is 0. The van der Waals surface area contributed by atoms with Crippen LogP contribution in [0.3, 0.4) is 0 Å². The van der Waals surface area contributed by atoms with Crippen molar-refractivity contribution < 1.29 is 0 Å². The maximum absolute atomic E-state index is 4.10. The Morgan fingerprint density at radius 3 is 0.907 bits per heavy atom. The fourth-order valence-electron chi connectivity index (χ4n) is 40.9. The molecule has 0 spiro atoms. The van der Waals surface area contributed by atoms with Crippen molar-refractivity contribution in [3.63, 3.8) is 0 Å². The molecule has 22 aliphatic rings. The quantitative estimate of drug-likeness (QED) is 0.191. The molecule has 0 amide bonds. The highest BCUT2D eigenvalue weighted by atomic mass is 15.3. The first kappa shape index (κ1) is 74.3. The first-order valence-electron chi connectivity index (χ1n) is 52.9. The number of nitrogens with zero attached hydrogens (tertiary/aromatic N) is 3. The number of likely N-dealkylation sites (tertiary alicyclic amines) is 1. The van der Waals surface area contributed by atoms with Gasteiger partial charge in [0.2, 0.25) is 0 Å². The highest BCUT2D eigenvalue weighted by Crippen LogP contribution is 2.72. The topological polar surface area (TPSA) is 9.72 Å². The molecule has 3 saturated heterocycles. The molecular weight excluding hydrogens is 1300 g/mol. The molecular formula is C104H170BN3. The predicted molar refractivity (Wildman–Crippen MR) is 452 cm³/mol. The van der Waals surface area contributed by atoms with Gasteiger partial charge in [0.25, 0.3) is 0 Å². The van der Waals surface area contributed by atoms with Crippen LogP contribution in [0.4, 0.5) is 0 Å². The second-order valence-electron chi connectivity index (χ2n) is 47.6. The third-order valence-electron chi connectivity index (χ3n) is 44.1. The van der Waals surface area contributed by atoms with Crippen molar-refractivity contribution >= 4 is 6.71 Å². The van der Waals surface area contributed by atoms with Gasteiger partial charge < -0.3 is 0 Å². The standard InChI is InChI=1S/C104H170BN3/c1-8-29-67(30-9-1)75-53-57-96-92(63-75)105-93-64-76(80-55-56-87-85-48-27-44-74-43-26-47-84(100(74)85)86-50-28-49-83(80)101(86)87)54-58-97(93)108(104-90(72-39-18-6-19-40-72)61-78(69-33-12-3-13-34-69)62-91(104)73-41-20-7-21-42-73)99-66-79(106-94-51-24-22-45-81(94)82-46-23-25-52-95(82)106)65-98(102(99)105)107(96)103-88(70-35-14-4-15-36-70)59-77(68-31-10-2-11-32-68)60-89(103)71-37-16-5-17-38-71/h67-104H,1-66H2. The molecule has 3 aliphatic heterocycles. The van der Waals surface area contributed by atoms with E-state index in [9.17, 15) is 0 Å². The lowest BCUT2D eigenvalue weighted by Gasteiger charge is -2.73. The molecule has 4 heteroatoms. The number of fused-ring (bicyclic) bond motifs is 9. The summed E-state index contributed by atoms with van der Waals surface area (Å²) in [4.78, 5) is 11.9. The summed E-state index contributed by atoms with van der Waals surface area (Å²) in [5.74, 6) is 30.2. The molecule has 0 radical (unpaired) electrons. The van der Waals surface area contributed by atoms with Crippen LogP contribution in [0.1, 0.15) is 424 Å². The lowest BCUT2D eigenvalue weighted by molar-refractivity contribution is -0.160. The third kappa shape index (κ3) is 13.4. The van der Waals surface area contributed by atoms with Crippen LogP contribution >= 0.6 is 0 Å². The van der Waals surface area contributed by atoms with E-state index in [1.165, 1.54) is 0 Å². The van der Waals surface area contributed by atoms with Crippen molar-refractivity contribution in [2.75, 3.05) is 0 Å². The fraction of sp³-hybridized carbons (Fsp3) is 1.00. The van der Waals surface area contributed by atoms with E-state index in [4.69, 9.17) is 0 Å². The molecule has 0 aromatic heterocycles. The minimum Gasteiger partial charge on any atom is -0.295 e. The van der Waals surface area contributed by atoms with Crippen LogP contribution in [0.2, 0.25) is 17.5 Å². The molecule has 0 N–H and O–H groups in total. The van der Waals surface area contributed by atoms with Gasteiger partial charge in [-0.1, -0.05) is 295 Å². The van der Waals surface area contributed by atoms with Gasteiger partial charge in [0.1, 0.15) is 0 Å². The van der Waals surface area contributed by atoms with Crippen LogP contribution in [0, 0.1) is 154 Å². The summed E-state index contributed by atoms with van der Waals surface area (Å²) in [5, 5.41) is 0. The smallest absolute Gasteiger partial charge is 0.156 e. The van der Waals surface area contributed by atoms with Gasteiger partial charge >= 0.3 is 0 Å². The normalized spacial score (nSPS) is 51.0. The molecule has 0 aromatic carbocycles. The summed E-state index contributed by atoms with van der Waals surface area (Å²) in [6, 6.07) is 7.87. The Labute approximate surface area is 666 Å². The molecule has 0 aromatic rings. The highest BCUT2D eigenvalue weighted by molar-refractivity contribution is 6.65. The van der Waals surface area contributed by atoms with Crippen LogP contribution < -0.4 is 0 Å². The van der Waals surface area contributed by atoms with Crippen LogP contribution in [0.25, 0.3) is 0 Å². The Hall–Kier alpha value is -0.0551. The molecule has 22 rings (SSSR count). The largest absolute Gasteiger partial charge is 0.295 e. The molecule has 22 fully saturated rings. The maximum Gasteiger partial charge on any atom is 0.156 e. The first-order valence-corrected chi connectivity index (χ1v) is 52.9. The number of rotatable bonds is 11. The van der Waals surface area contributed by atoms with E-state index in [1.807, 2.05) is 0 Å². The van der Waals surface area contributed by atoms with Crippen molar-refractivity contribution in [3.8, 4) is 0 Å². The molecule has 0 bridgehead atoms. The van der Waals surface area contributed by atoms with Crippen molar-refractivity contribution in [2.45, 2.75) is 496 Å². The van der Waals surface area contributed by atoms with Gasteiger partial charge in [-0.3, -0.25) is 14.7 Å².